The standard InChI is InChI=1S/C14H18N4O2/c1-15-13-7-14(18-9-17-13)16-8-10-4-5-11(19-2)12(6-10)20-3/h4-7,9H,8H2,1-3H3,(H2,15,16,17,18). The molecule has 0 aliphatic carbocycles. The Balaban J connectivity index is 2.06. The molecule has 0 saturated heterocycles. The Morgan fingerprint density at radius 2 is 1.75 bits per heavy atom. The summed E-state index contributed by atoms with van der Waals surface area (Å²) in [6, 6.07) is 7.65. The molecule has 0 fully saturated rings. The lowest BCUT2D eigenvalue weighted by Gasteiger charge is -2.11. The van der Waals surface area contributed by atoms with E-state index >= 15 is 0 Å². The largest absolute Gasteiger partial charge is 0.493 e. The first-order chi connectivity index (χ1) is 9.76. The molecule has 0 unspecified atom stereocenters. The third-order valence-corrected chi connectivity index (χ3v) is 2.84. The second kappa shape index (κ2) is 6.60. The van der Waals surface area contributed by atoms with Gasteiger partial charge in [0.2, 0.25) is 0 Å². The van der Waals surface area contributed by atoms with Crippen LogP contribution in [0.4, 0.5) is 11.6 Å². The number of ether oxygens (including phenoxy) is 2. The first-order valence-corrected chi connectivity index (χ1v) is 6.21. The quantitative estimate of drug-likeness (QED) is 0.841. The molecule has 2 rings (SSSR count). The maximum Gasteiger partial charge on any atom is 0.161 e. The highest BCUT2D eigenvalue weighted by Crippen LogP contribution is 2.27. The van der Waals surface area contributed by atoms with E-state index in [0.717, 1.165) is 22.9 Å². The molecule has 2 N–H and O–H groups in total. The highest BCUT2D eigenvalue weighted by Gasteiger charge is 2.04. The molecule has 0 radical (unpaired) electrons. The Bertz CT molecular complexity index is 575. The zero-order valence-corrected chi connectivity index (χ0v) is 11.8. The van der Waals surface area contributed by atoms with E-state index in [9.17, 15) is 0 Å². The van der Waals surface area contributed by atoms with Crippen LogP contribution in [-0.4, -0.2) is 31.2 Å². The van der Waals surface area contributed by atoms with Crippen LogP contribution in [0.5, 0.6) is 11.5 Å². The van der Waals surface area contributed by atoms with Gasteiger partial charge in [-0.15, -0.1) is 0 Å². The lowest BCUT2D eigenvalue weighted by Crippen LogP contribution is -2.03. The molecule has 20 heavy (non-hydrogen) atoms. The monoisotopic (exact) mass is 274 g/mol. The first-order valence-electron chi connectivity index (χ1n) is 6.21. The van der Waals surface area contributed by atoms with Gasteiger partial charge < -0.3 is 20.1 Å². The van der Waals surface area contributed by atoms with Crippen LogP contribution in [-0.2, 0) is 6.54 Å². The van der Waals surface area contributed by atoms with Crippen LogP contribution in [0.15, 0.2) is 30.6 Å². The summed E-state index contributed by atoms with van der Waals surface area (Å²) in [6.45, 7) is 0.639. The minimum atomic E-state index is 0.639. The summed E-state index contributed by atoms with van der Waals surface area (Å²) in [5, 5.41) is 6.21. The molecule has 0 saturated carbocycles. The van der Waals surface area contributed by atoms with E-state index in [1.54, 1.807) is 14.2 Å². The number of methoxy groups -OCH3 is 2. The predicted octanol–water partition coefficient (Wildman–Crippen LogP) is 2.15. The highest BCUT2D eigenvalue weighted by atomic mass is 16.5. The molecular weight excluding hydrogens is 256 g/mol. The number of nitrogens with one attached hydrogen (secondary N) is 2. The van der Waals surface area contributed by atoms with Gasteiger partial charge in [0.1, 0.15) is 18.0 Å². The van der Waals surface area contributed by atoms with Crippen LogP contribution >= 0.6 is 0 Å². The fraction of sp³-hybridized carbons (Fsp3) is 0.286. The number of hydrogen-bond acceptors (Lipinski definition) is 6. The Hall–Kier alpha value is -2.50. The number of hydrogen-bond donors (Lipinski definition) is 2. The molecule has 0 bridgehead atoms. The van der Waals surface area contributed by atoms with Gasteiger partial charge in [0.05, 0.1) is 14.2 Å². The zero-order chi connectivity index (χ0) is 14.4. The molecule has 6 heteroatoms. The molecule has 2 aromatic rings. The van der Waals surface area contributed by atoms with Crippen LogP contribution in [0, 0.1) is 0 Å². The van der Waals surface area contributed by atoms with Crippen molar-refractivity contribution in [3.63, 3.8) is 0 Å². The van der Waals surface area contributed by atoms with Crippen molar-refractivity contribution < 1.29 is 9.47 Å². The topological polar surface area (TPSA) is 68.3 Å². The molecule has 106 valence electrons. The second-order valence-corrected chi connectivity index (χ2v) is 4.08. The molecule has 1 heterocycles. The molecule has 1 aromatic heterocycles. The van der Waals surface area contributed by atoms with Gasteiger partial charge in [-0.05, 0) is 17.7 Å². The van der Waals surface area contributed by atoms with E-state index in [-0.39, 0.29) is 0 Å². The third-order valence-electron chi connectivity index (χ3n) is 2.84. The van der Waals surface area contributed by atoms with Gasteiger partial charge in [-0.3, -0.25) is 0 Å². The van der Waals surface area contributed by atoms with Crippen molar-refractivity contribution in [1.29, 1.82) is 0 Å². The van der Waals surface area contributed by atoms with Gasteiger partial charge >= 0.3 is 0 Å². The molecule has 0 amide bonds. The minimum Gasteiger partial charge on any atom is -0.493 e. The molecule has 0 aliphatic heterocycles. The van der Waals surface area contributed by atoms with Crippen molar-refractivity contribution in [3.8, 4) is 11.5 Å². The predicted molar refractivity (Wildman–Crippen MR) is 78.5 cm³/mol. The van der Waals surface area contributed by atoms with Crippen molar-refractivity contribution in [1.82, 2.24) is 9.97 Å². The van der Waals surface area contributed by atoms with Gasteiger partial charge in [-0.2, -0.15) is 0 Å². The van der Waals surface area contributed by atoms with Crippen molar-refractivity contribution in [2.75, 3.05) is 31.9 Å². The van der Waals surface area contributed by atoms with Gasteiger partial charge in [0.15, 0.2) is 11.5 Å². The van der Waals surface area contributed by atoms with Gasteiger partial charge in [0, 0.05) is 19.7 Å². The number of nitrogens with zero attached hydrogens (tertiary/aromatic N) is 2. The number of aromatic nitrogens is 2. The molecule has 0 aliphatic rings. The van der Waals surface area contributed by atoms with Gasteiger partial charge in [0.25, 0.3) is 0 Å². The SMILES string of the molecule is CNc1cc(NCc2ccc(OC)c(OC)c2)ncn1. The minimum absolute atomic E-state index is 0.639. The molecule has 6 nitrogen and oxygen atoms in total. The van der Waals surface area contributed by atoms with Crippen LogP contribution in [0.2, 0.25) is 0 Å². The van der Waals surface area contributed by atoms with Crippen LogP contribution in [0.25, 0.3) is 0 Å². The lowest BCUT2D eigenvalue weighted by molar-refractivity contribution is 0.354. The summed E-state index contributed by atoms with van der Waals surface area (Å²) < 4.78 is 10.5. The molecular formula is C14H18N4O2. The summed E-state index contributed by atoms with van der Waals surface area (Å²) >= 11 is 0. The third kappa shape index (κ3) is 3.28. The first kappa shape index (κ1) is 13.9. The maximum atomic E-state index is 5.28. The van der Waals surface area contributed by atoms with E-state index in [4.69, 9.17) is 9.47 Å². The molecule has 0 atom stereocenters. The van der Waals surface area contributed by atoms with E-state index in [0.29, 0.717) is 12.3 Å². The maximum absolute atomic E-state index is 5.28. The normalized spacial score (nSPS) is 9.95. The van der Waals surface area contributed by atoms with Crippen molar-refractivity contribution >= 4 is 11.6 Å². The summed E-state index contributed by atoms with van der Waals surface area (Å²) in [7, 11) is 5.06. The highest BCUT2D eigenvalue weighted by molar-refractivity contribution is 5.47. The molecule has 1 aromatic carbocycles. The summed E-state index contributed by atoms with van der Waals surface area (Å²) in [5.74, 6) is 2.97. The number of anilines is 2. The van der Waals surface area contributed by atoms with Crippen molar-refractivity contribution in [3.05, 3.63) is 36.2 Å². The van der Waals surface area contributed by atoms with Crippen LogP contribution < -0.4 is 20.1 Å². The van der Waals surface area contributed by atoms with Crippen LogP contribution in [0.1, 0.15) is 5.56 Å². The Morgan fingerprint density at radius 3 is 2.45 bits per heavy atom. The Kier molecular flexibility index (Phi) is 4.60. The van der Waals surface area contributed by atoms with E-state index in [1.807, 2.05) is 31.3 Å². The fourth-order valence-electron chi connectivity index (χ4n) is 1.77. The molecule has 0 spiro atoms. The van der Waals surface area contributed by atoms with E-state index < -0.39 is 0 Å². The second-order valence-electron chi connectivity index (χ2n) is 4.08. The fourth-order valence-corrected chi connectivity index (χ4v) is 1.77. The van der Waals surface area contributed by atoms with Crippen molar-refractivity contribution in [2.45, 2.75) is 6.54 Å². The Morgan fingerprint density at radius 1 is 1.00 bits per heavy atom. The van der Waals surface area contributed by atoms with E-state index in [1.165, 1.54) is 6.33 Å². The lowest BCUT2D eigenvalue weighted by atomic mass is 10.2. The zero-order valence-electron chi connectivity index (χ0n) is 11.8. The van der Waals surface area contributed by atoms with Crippen LogP contribution in [0.3, 0.4) is 0 Å². The number of benzene rings is 1. The number of rotatable bonds is 6. The average Bonchev–Trinajstić information content (AvgIpc) is 2.52. The summed E-state index contributed by atoms with van der Waals surface area (Å²) in [4.78, 5) is 8.22. The average molecular weight is 274 g/mol. The van der Waals surface area contributed by atoms with E-state index in [2.05, 4.69) is 20.6 Å². The Labute approximate surface area is 118 Å². The van der Waals surface area contributed by atoms with Crippen molar-refractivity contribution in [2.24, 2.45) is 0 Å². The smallest absolute Gasteiger partial charge is 0.161 e. The summed E-state index contributed by atoms with van der Waals surface area (Å²) in [5.41, 5.74) is 1.08. The summed E-state index contributed by atoms with van der Waals surface area (Å²) in [6.07, 6.45) is 1.52. The van der Waals surface area contributed by atoms with Gasteiger partial charge in [-0.25, -0.2) is 9.97 Å². The van der Waals surface area contributed by atoms with Gasteiger partial charge in [-0.1, -0.05) is 6.07 Å².